The van der Waals surface area contributed by atoms with Crippen LogP contribution in [0.2, 0.25) is 0 Å². The molecule has 29 heavy (non-hydrogen) atoms. The van der Waals surface area contributed by atoms with Crippen molar-refractivity contribution >= 4 is 21.4 Å². The normalized spacial score (nSPS) is 13.3. The van der Waals surface area contributed by atoms with E-state index in [0.29, 0.717) is 11.4 Å². The number of carbonyl (C=O) groups excluding carboxylic acids is 1. The SMILES string of the molecule is Cc1ccccc1-n1nc(C(=O)N(C)c2ccc(S(C)(=O)=O)cc2)c2c1CCC2. The van der Waals surface area contributed by atoms with Crippen molar-refractivity contribution in [2.45, 2.75) is 31.1 Å². The van der Waals surface area contributed by atoms with E-state index in [1.54, 1.807) is 19.2 Å². The van der Waals surface area contributed by atoms with E-state index in [1.165, 1.54) is 23.3 Å². The van der Waals surface area contributed by atoms with Gasteiger partial charge in [0.1, 0.15) is 0 Å². The topological polar surface area (TPSA) is 72.3 Å². The summed E-state index contributed by atoms with van der Waals surface area (Å²) in [5.41, 5.74) is 5.30. The van der Waals surface area contributed by atoms with Crippen LogP contribution >= 0.6 is 0 Å². The number of anilines is 1. The zero-order chi connectivity index (χ0) is 20.8. The van der Waals surface area contributed by atoms with Crippen molar-refractivity contribution in [3.63, 3.8) is 0 Å². The molecule has 150 valence electrons. The summed E-state index contributed by atoms with van der Waals surface area (Å²) in [7, 11) is -1.59. The van der Waals surface area contributed by atoms with Crippen LogP contribution in [0.3, 0.4) is 0 Å². The molecule has 4 rings (SSSR count). The quantitative estimate of drug-likeness (QED) is 0.662. The lowest BCUT2D eigenvalue weighted by atomic mass is 10.1. The minimum absolute atomic E-state index is 0.192. The van der Waals surface area contributed by atoms with Crippen molar-refractivity contribution < 1.29 is 13.2 Å². The van der Waals surface area contributed by atoms with Gasteiger partial charge in [0.15, 0.2) is 15.5 Å². The van der Waals surface area contributed by atoms with E-state index in [2.05, 4.69) is 0 Å². The lowest BCUT2D eigenvalue weighted by Crippen LogP contribution is -2.27. The molecule has 1 aromatic heterocycles. The maximum absolute atomic E-state index is 13.2. The van der Waals surface area contributed by atoms with Crippen molar-refractivity contribution in [3.05, 3.63) is 71.0 Å². The predicted molar refractivity (Wildman–Crippen MR) is 113 cm³/mol. The van der Waals surface area contributed by atoms with Crippen molar-refractivity contribution in [2.75, 3.05) is 18.2 Å². The second-order valence-electron chi connectivity index (χ2n) is 7.46. The van der Waals surface area contributed by atoms with E-state index < -0.39 is 9.84 Å². The molecule has 0 bridgehead atoms. The number of rotatable bonds is 4. The number of nitrogens with zero attached hydrogens (tertiary/aromatic N) is 3. The summed E-state index contributed by atoms with van der Waals surface area (Å²) in [4.78, 5) is 15.0. The number of amides is 1. The van der Waals surface area contributed by atoms with Crippen molar-refractivity contribution in [1.29, 1.82) is 0 Å². The molecule has 0 spiro atoms. The fourth-order valence-corrected chi connectivity index (χ4v) is 4.43. The molecule has 0 saturated heterocycles. The molecular weight excluding hydrogens is 386 g/mol. The molecule has 7 heteroatoms. The third-order valence-corrected chi connectivity index (χ3v) is 6.56. The van der Waals surface area contributed by atoms with Crippen LogP contribution in [0.15, 0.2) is 53.4 Å². The number of benzene rings is 2. The number of carbonyl (C=O) groups is 1. The Bertz CT molecular complexity index is 1190. The molecule has 1 amide bonds. The first kappa shape index (κ1) is 19.4. The Labute approximate surface area is 170 Å². The second-order valence-corrected chi connectivity index (χ2v) is 9.47. The Morgan fingerprint density at radius 1 is 1.07 bits per heavy atom. The van der Waals surface area contributed by atoms with E-state index in [1.807, 2.05) is 35.9 Å². The highest BCUT2D eigenvalue weighted by Crippen LogP contribution is 2.30. The molecule has 0 N–H and O–H groups in total. The molecule has 0 aliphatic heterocycles. The van der Waals surface area contributed by atoms with Gasteiger partial charge >= 0.3 is 0 Å². The van der Waals surface area contributed by atoms with Gasteiger partial charge in [-0.3, -0.25) is 4.79 Å². The van der Waals surface area contributed by atoms with Gasteiger partial charge in [-0.15, -0.1) is 0 Å². The van der Waals surface area contributed by atoms with E-state index in [9.17, 15) is 13.2 Å². The summed E-state index contributed by atoms with van der Waals surface area (Å²) in [6.07, 6.45) is 3.91. The average molecular weight is 410 g/mol. The smallest absolute Gasteiger partial charge is 0.278 e. The van der Waals surface area contributed by atoms with Crippen molar-refractivity contribution in [2.24, 2.45) is 0 Å². The van der Waals surface area contributed by atoms with Gasteiger partial charge in [0.2, 0.25) is 0 Å². The molecule has 1 heterocycles. The van der Waals surface area contributed by atoms with Crippen LogP contribution in [-0.4, -0.2) is 37.4 Å². The van der Waals surface area contributed by atoms with Crippen LogP contribution in [-0.2, 0) is 22.7 Å². The first-order valence-electron chi connectivity index (χ1n) is 9.52. The molecule has 3 aromatic rings. The van der Waals surface area contributed by atoms with Gasteiger partial charge in [-0.1, -0.05) is 18.2 Å². The highest BCUT2D eigenvalue weighted by molar-refractivity contribution is 7.90. The van der Waals surface area contributed by atoms with Crippen LogP contribution < -0.4 is 4.90 Å². The maximum Gasteiger partial charge on any atom is 0.278 e. The minimum atomic E-state index is -3.28. The summed E-state index contributed by atoms with van der Waals surface area (Å²) < 4.78 is 25.2. The number of hydrogen-bond acceptors (Lipinski definition) is 4. The molecule has 0 saturated carbocycles. The van der Waals surface area contributed by atoms with Gasteiger partial charge in [-0.05, 0) is 62.1 Å². The number of sulfone groups is 1. The third-order valence-electron chi connectivity index (χ3n) is 5.43. The number of para-hydroxylation sites is 1. The lowest BCUT2D eigenvalue weighted by Gasteiger charge is -2.17. The van der Waals surface area contributed by atoms with Crippen molar-refractivity contribution in [1.82, 2.24) is 9.78 Å². The van der Waals surface area contributed by atoms with Gasteiger partial charge in [-0.25, -0.2) is 13.1 Å². The highest BCUT2D eigenvalue weighted by atomic mass is 32.2. The largest absolute Gasteiger partial charge is 0.310 e. The molecule has 6 nitrogen and oxygen atoms in total. The van der Waals surface area contributed by atoms with Gasteiger partial charge in [0, 0.05) is 30.2 Å². The average Bonchev–Trinajstić information content (AvgIpc) is 3.30. The van der Waals surface area contributed by atoms with Gasteiger partial charge in [0.05, 0.1) is 10.6 Å². The first-order valence-corrected chi connectivity index (χ1v) is 11.4. The minimum Gasteiger partial charge on any atom is -0.310 e. The summed E-state index contributed by atoms with van der Waals surface area (Å²) >= 11 is 0. The van der Waals surface area contributed by atoms with Crippen LogP contribution in [0.5, 0.6) is 0 Å². The fourth-order valence-electron chi connectivity index (χ4n) is 3.80. The molecular formula is C22H23N3O3S. The molecule has 0 unspecified atom stereocenters. The van der Waals surface area contributed by atoms with Crippen LogP contribution in [0.1, 0.15) is 33.7 Å². The Kier molecular flexibility index (Phi) is 4.78. The zero-order valence-corrected chi connectivity index (χ0v) is 17.5. The third kappa shape index (κ3) is 3.46. The Morgan fingerprint density at radius 2 is 1.76 bits per heavy atom. The Balaban J connectivity index is 1.71. The monoisotopic (exact) mass is 409 g/mol. The van der Waals surface area contributed by atoms with E-state index in [-0.39, 0.29) is 10.8 Å². The zero-order valence-electron chi connectivity index (χ0n) is 16.7. The second kappa shape index (κ2) is 7.15. The fraction of sp³-hybridized carbons (Fsp3) is 0.273. The lowest BCUT2D eigenvalue weighted by molar-refractivity contribution is 0.0987. The Hall–Kier alpha value is -2.93. The van der Waals surface area contributed by atoms with Gasteiger partial charge in [0.25, 0.3) is 5.91 Å². The highest BCUT2D eigenvalue weighted by Gasteiger charge is 2.29. The first-order chi connectivity index (χ1) is 13.8. The standard InChI is InChI=1S/C22H23N3O3S/c1-15-7-4-5-9-19(15)25-20-10-6-8-18(20)21(23-25)22(26)24(2)16-11-13-17(14-12-16)29(3,27)28/h4-5,7,9,11-14H,6,8,10H2,1-3H3. The Morgan fingerprint density at radius 3 is 2.41 bits per heavy atom. The van der Waals surface area contributed by atoms with Crippen molar-refractivity contribution in [3.8, 4) is 5.69 Å². The number of fused-ring (bicyclic) bond motifs is 1. The molecule has 2 aromatic carbocycles. The number of hydrogen-bond donors (Lipinski definition) is 0. The van der Waals surface area contributed by atoms with Gasteiger partial charge in [-0.2, -0.15) is 5.10 Å². The van der Waals surface area contributed by atoms with E-state index in [0.717, 1.165) is 41.8 Å². The molecule has 0 radical (unpaired) electrons. The molecule has 0 atom stereocenters. The number of aromatic nitrogens is 2. The van der Waals surface area contributed by atoms with Gasteiger partial charge < -0.3 is 4.90 Å². The van der Waals surface area contributed by atoms with Crippen LogP contribution in [0.4, 0.5) is 5.69 Å². The predicted octanol–water partition coefficient (Wildman–Crippen LogP) is 3.35. The van der Waals surface area contributed by atoms with E-state index in [4.69, 9.17) is 5.10 Å². The molecule has 1 aliphatic carbocycles. The van der Waals surface area contributed by atoms with Crippen LogP contribution in [0.25, 0.3) is 5.69 Å². The molecule has 0 fully saturated rings. The molecule has 1 aliphatic rings. The summed E-state index contributed by atoms with van der Waals surface area (Å²) in [6.45, 7) is 2.04. The summed E-state index contributed by atoms with van der Waals surface area (Å²) in [5.74, 6) is -0.192. The van der Waals surface area contributed by atoms with E-state index >= 15 is 0 Å². The van der Waals surface area contributed by atoms with Crippen LogP contribution in [0, 0.1) is 6.92 Å². The maximum atomic E-state index is 13.2. The number of aryl methyl sites for hydroxylation is 1. The summed E-state index contributed by atoms with van der Waals surface area (Å²) in [5, 5.41) is 4.70. The summed E-state index contributed by atoms with van der Waals surface area (Å²) in [6, 6.07) is 14.3.